The first-order valence-electron chi connectivity index (χ1n) is 3.40. The monoisotopic (exact) mass is 126 g/mol. The number of carbonyl (C=O) groups is 1. The molecule has 1 heteroatoms. The summed E-state index contributed by atoms with van der Waals surface area (Å²) in [5.41, 5.74) is 1.17. The van der Waals surface area contributed by atoms with E-state index in [0.29, 0.717) is 6.42 Å². The lowest BCUT2D eigenvalue weighted by molar-refractivity contribution is -0.114. The molecule has 0 aromatic heterocycles. The van der Waals surface area contributed by atoms with Crippen LogP contribution in [0.3, 0.4) is 0 Å². The topological polar surface area (TPSA) is 17.1 Å². The summed E-state index contributed by atoms with van der Waals surface area (Å²) in [6, 6.07) is 0. The largest absolute Gasteiger partial charge is 0.295 e. The van der Waals surface area contributed by atoms with E-state index >= 15 is 0 Å². The van der Waals surface area contributed by atoms with Gasteiger partial charge < -0.3 is 0 Å². The zero-order chi connectivity index (χ0) is 7.28. The van der Waals surface area contributed by atoms with Gasteiger partial charge in [0.15, 0.2) is 5.78 Å². The van der Waals surface area contributed by atoms with Crippen molar-refractivity contribution >= 4 is 5.78 Å². The molecule has 0 aromatic carbocycles. The molecule has 0 aliphatic carbocycles. The smallest absolute Gasteiger partial charge is 0.155 e. The van der Waals surface area contributed by atoms with Crippen LogP contribution in [0.5, 0.6) is 0 Å². The summed E-state index contributed by atoms with van der Waals surface area (Å²) in [6.45, 7) is 5.91. The molecule has 0 aliphatic heterocycles. The Morgan fingerprint density at radius 1 is 1.33 bits per heavy atom. The average molecular weight is 126 g/mol. The van der Waals surface area contributed by atoms with Crippen LogP contribution in [-0.2, 0) is 4.79 Å². The van der Waals surface area contributed by atoms with Gasteiger partial charge in [-0.25, -0.2) is 0 Å². The summed E-state index contributed by atoms with van der Waals surface area (Å²) in [6.07, 6.45) is 3.32. The van der Waals surface area contributed by atoms with Gasteiger partial charge in [-0.1, -0.05) is 19.4 Å². The van der Waals surface area contributed by atoms with Gasteiger partial charge in [0, 0.05) is 6.42 Å². The number of hydrogen-bond donors (Lipinski definition) is 0. The van der Waals surface area contributed by atoms with E-state index in [1.54, 1.807) is 6.08 Å². The molecule has 0 heterocycles. The first-order chi connectivity index (χ1) is 4.20. The Labute approximate surface area is 56.8 Å². The molecule has 52 valence electrons. The molecule has 1 nitrogen and oxygen atoms in total. The van der Waals surface area contributed by atoms with E-state index in [-0.39, 0.29) is 5.78 Å². The lowest BCUT2D eigenvalue weighted by Crippen LogP contribution is -1.89. The van der Waals surface area contributed by atoms with Crippen molar-refractivity contribution in [2.24, 2.45) is 0 Å². The molecule has 0 rings (SSSR count). The van der Waals surface area contributed by atoms with Crippen LogP contribution in [-0.4, -0.2) is 5.78 Å². The summed E-state index contributed by atoms with van der Waals surface area (Å²) < 4.78 is 0. The summed E-state index contributed by atoms with van der Waals surface area (Å²) in [5, 5.41) is 0. The third kappa shape index (κ3) is 3.95. The van der Waals surface area contributed by atoms with Crippen LogP contribution in [0.4, 0.5) is 0 Å². The molecule has 0 aromatic rings. The van der Waals surface area contributed by atoms with Gasteiger partial charge in [-0.15, -0.1) is 0 Å². The SMILES string of the molecule is CCC(=O)/C=C(/C)CC. The normalized spacial score (nSPS) is 11.7. The maximum Gasteiger partial charge on any atom is 0.155 e. The highest BCUT2D eigenvalue weighted by molar-refractivity contribution is 5.89. The van der Waals surface area contributed by atoms with Crippen molar-refractivity contribution in [3.05, 3.63) is 11.6 Å². The summed E-state index contributed by atoms with van der Waals surface area (Å²) in [4.78, 5) is 10.7. The molecule has 0 atom stereocenters. The molecule has 9 heavy (non-hydrogen) atoms. The maximum atomic E-state index is 10.7. The van der Waals surface area contributed by atoms with Crippen LogP contribution in [0.15, 0.2) is 11.6 Å². The molecule has 0 saturated heterocycles. The van der Waals surface area contributed by atoms with Crippen molar-refractivity contribution in [2.75, 3.05) is 0 Å². The van der Waals surface area contributed by atoms with Crippen LogP contribution in [0.2, 0.25) is 0 Å². The van der Waals surface area contributed by atoms with E-state index in [2.05, 4.69) is 6.92 Å². The van der Waals surface area contributed by atoms with Gasteiger partial charge in [0.05, 0.1) is 0 Å². The predicted octanol–water partition coefficient (Wildman–Crippen LogP) is 2.32. The fourth-order valence-electron chi connectivity index (χ4n) is 0.479. The molecule has 0 aliphatic rings. The van der Waals surface area contributed by atoms with Crippen LogP contribution in [0.25, 0.3) is 0 Å². The molecule has 0 amide bonds. The highest BCUT2D eigenvalue weighted by Gasteiger charge is 1.91. The van der Waals surface area contributed by atoms with E-state index in [1.807, 2.05) is 13.8 Å². The minimum Gasteiger partial charge on any atom is -0.295 e. The first-order valence-corrected chi connectivity index (χ1v) is 3.40. The fraction of sp³-hybridized carbons (Fsp3) is 0.625. The molecule has 0 radical (unpaired) electrons. The van der Waals surface area contributed by atoms with E-state index in [0.717, 1.165) is 6.42 Å². The van der Waals surface area contributed by atoms with Crippen LogP contribution in [0.1, 0.15) is 33.6 Å². The zero-order valence-corrected chi connectivity index (χ0v) is 6.40. The fourth-order valence-corrected chi connectivity index (χ4v) is 0.479. The van der Waals surface area contributed by atoms with E-state index < -0.39 is 0 Å². The van der Waals surface area contributed by atoms with Crippen molar-refractivity contribution in [1.82, 2.24) is 0 Å². The summed E-state index contributed by atoms with van der Waals surface area (Å²) in [7, 11) is 0. The quantitative estimate of drug-likeness (QED) is 0.530. The Balaban J connectivity index is 3.79. The lowest BCUT2D eigenvalue weighted by atomic mass is 10.2. The van der Waals surface area contributed by atoms with Crippen molar-refractivity contribution in [2.45, 2.75) is 33.6 Å². The molecule has 0 saturated carbocycles. The van der Waals surface area contributed by atoms with E-state index in [1.165, 1.54) is 5.57 Å². The highest BCUT2D eigenvalue weighted by Crippen LogP contribution is 1.98. The van der Waals surface area contributed by atoms with Gasteiger partial charge in [0.2, 0.25) is 0 Å². The molecule has 0 bridgehead atoms. The van der Waals surface area contributed by atoms with Crippen molar-refractivity contribution in [3.8, 4) is 0 Å². The van der Waals surface area contributed by atoms with Crippen molar-refractivity contribution in [1.29, 1.82) is 0 Å². The molecular weight excluding hydrogens is 112 g/mol. The second kappa shape index (κ2) is 4.30. The number of allylic oxidation sites excluding steroid dienone is 2. The Kier molecular flexibility index (Phi) is 4.02. The molecule has 0 spiro atoms. The second-order valence-electron chi connectivity index (χ2n) is 2.16. The Morgan fingerprint density at radius 3 is 2.22 bits per heavy atom. The van der Waals surface area contributed by atoms with Gasteiger partial charge in [-0.2, -0.15) is 0 Å². The van der Waals surface area contributed by atoms with Gasteiger partial charge >= 0.3 is 0 Å². The third-order valence-corrected chi connectivity index (χ3v) is 1.31. The number of rotatable bonds is 3. The first kappa shape index (κ1) is 8.41. The minimum atomic E-state index is 0.231. The Hall–Kier alpha value is -0.590. The summed E-state index contributed by atoms with van der Waals surface area (Å²) in [5.74, 6) is 0.231. The third-order valence-electron chi connectivity index (χ3n) is 1.31. The average Bonchev–Trinajstić information content (AvgIpc) is 1.87. The molecular formula is C8H14O. The predicted molar refractivity (Wildman–Crippen MR) is 39.3 cm³/mol. The van der Waals surface area contributed by atoms with Gasteiger partial charge in [-0.05, 0) is 19.4 Å². The molecule has 0 unspecified atom stereocenters. The van der Waals surface area contributed by atoms with E-state index in [9.17, 15) is 4.79 Å². The van der Waals surface area contributed by atoms with Crippen LogP contribution < -0.4 is 0 Å². The standard InChI is InChI=1S/C8H14O/c1-4-7(3)6-8(9)5-2/h6H,4-5H2,1-3H3/b7-6-. The van der Waals surface area contributed by atoms with Gasteiger partial charge in [0.1, 0.15) is 0 Å². The molecule has 0 fully saturated rings. The minimum absolute atomic E-state index is 0.231. The van der Waals surface area contributed by atoms with Gasteiger partial charge in [-0.3, -0.25) is 4.79 Å². The number of hydrogen-bond acceptors (Lipinski definition) is 1. The molecule has 0 N–H and O–H groups in total. The van der Waals surface area contributed by atoms with Crippen LogP contribution in [0, 0.1) is 0 Å². The van der Waals surface area contributed by atoms with Crippen molar-refractivity contribution < 1.29 is 4.79 Å². The Morgan fingerprint density at radius 2 is 1.89 bits per heavy atom. The van der Waals surface area contributed by atoms with E-state index in [4.69, 9.17) is 0 Å². The highest BCUT2D eigenvalue weighted by atomic mass is 16.1. The number of ketones is 1. The van der Waals surface area contributed by atoms with Crippen LogP contribution >= 0.6 is 0 Å². The maximum absolute atomic E-state index is 10.7. The summed E-state index contributed by atoms with van der Waals surface area (Å²) >= 11 is 0. The zero-order valence-electron chi connectivity index (χ0n) is 6.40. The Bertz CT molecular complexity index is 123. The number of carbonyl (C=O) groups excluding carboxylic acids is 1. The lowest BCUT2D eigenvalue weighted by Gasteiger charge is -1.91. The van der Waals surface area contributed by atoms with Crippen molar-refractivity contribution in [3.63, 3.8) is 0 Å². The second-order valence-corrected chi connectivity index (χ2v) is 2.16. The van der Waals surface area contributed by atoms with Gasteiger partial charge in [0.25, 0.3) is 0 Å².